The van der Waals surface area contributed by atoms with Crippen molar-refractivity contribution in [2.45, 2.75) is 33.2 Å². The van der Waals surface area contributed by atoms with E-state index >= 15 is 0 Å². The van der Waals surface area contributed by atoms with E-state index in [4.69, 9.17) is 10.5 Å². The lowest BCUT2D eigenvalue weighted by Crippen LogP contribution is -2.41. The number of nitro benzene ring substituents is 1. The van der Waals surface area contributed by atoms with Gasteiger partial charge in [-0.2, -0.15) is 0 Å². The van der Waals surface area contributed by atoms with E-state index in [1.54, 1.807) is 6.92 Å². The van der Waals surface area contributed by atoms with Gasteiger partial charge in [-0.05, 0) is 31.4 Å². The van der Waals surface area contributed by atoms with Crippen LogP contribution in [0.1, 0.15) is 37.6 Å². The van der Waals surface area contributed by atoms with E-state index in [-0.39, 0.29) is 28.9 Å². The number of hydrogen-bond donors (Lipinski definition) is 2. The molecule has 122 valence electrons. The third kappa shape index (κ3) is 5.00. The largest absolute Gasteiger partial charge is 0.487 e. The van der Waals surface area contributed by atoms with E-state index in [2.05, 4.69) is 5.32 Å². The highest BCUT2D eigenvalue weighted by Crippen LogP contribution is 2.28. The van der Waals surface area contributed by atoms with Crippen LogP contribution in [0.5, 0.6) is 5.75 Å². The highest BCUT2D eigenvalue weighted by atomic mass is 16.6. The van der Waals surface area contributed by atoms with Gasteiger partial charge in [0.25, 0.3) is 5.91 Å². The van der Waals surface area contributed by atoms with Gasteiger partial charge in [0.1, 0.15) is 0 Å². The molecule has 22 heavy (non-hydrogen) atoms. The van der Waals surface area contributed by atoms with Crippen molar-refractivity contribution < 1.29 is 14.5 Å². The molecule has 7 nitrogen and oxygen atoms in total. The van der Waals surface area contributed by atoms with Gasteiger partial charge < -0.3 is 15.8 Å². The summed E-state index contributed by atoms with van der Waals surface area (Å²) in [6.07, 6.45) is 0.751. The highest BCUT2D eigenvalue weighted by molar-refractivity contribution is 5.95. The summed E-state index contributed by atoms with van der Waals surface area (Å²) in [4.78, 5) is 22.7. The van der Waals surface area contributed by atoms with E-state index in [9.17, 15) is 14.9 Å². The lowest BCUT2D eigenvalue weighted by atomic mass is 10.0. The topological polar surface area (TPSA) is 107 Å². The van der Waals surface area contributed by atoms with Gasteiger partial charge in [0.2, 0.25) is 0 Å². The maximum atomic E-state index is 12.2. The summed E-state index contributed by atoms with van der Waals surface area (Å²) >= 11 is 0. The lowest BCUT2D eigenvalue weighted by Gasteiger charge is -2.18. The molecule has 0 saturated carbocycles. The first-order valence-corrected chi connectivity index (χ1v) is 7.31. The monoisotopic (exact) mass is 309 g/mol. The van der Waals surface area contributed by atoms with Crippen molar-refractivity contribution in [2.75, 3.05) is 13.2 Å². The third-order valence-electron chi connectivity index (χ3n) is 3.09. The molecule has 1 atom stereocenters. The van der Waals surface area contributed by atoms with Gasteiger partial charge in [-0.15, -0.1) is 0 Å². The fraction of sp³-hybridized carbons (Fsp3) is 0.533. The minimum atomic E-state index is -0.559. The van der Waals surface area contributed by atoms with E-state index in [0.717, 1.165) is 6.42 Å². The van der Waals surface area contributed by atoms with Crippen LogP contribution in [0.2, 0.25) is 0 Å². The SMILES string of the molecule is CCOc1ccc(C(=O)NC(CN)CC(C)C)cc1[N+](=O)[O-]. The van der Waals surface area contributed by atoms with E-state index < -0.39 is 4.92 Å². The Morgan fingerprint density at radius 2 is 2.14 bits per heavy atom. The summed E-state index contributed by atoms with van der Waals surface area (Å²) < 4.78 is 5.19. The van der Waals surface area contributed by atoms with Crippen LogP contribution < -0.4 is 15.8 Å². The molecule has 1 rings (SSSR count). The molecule has 1 aromatic rings. The zero-order valence-corrected chi connectivity index (χ0v) is 13.2. The second-order valence-electron chi connectivity index (χ2n) is 5.41. The second kappa shape index (κ2) is 8.33. The number of nitrogens with two attached hydrogens (primary N) is 1. The van der Waals surface area contributed by atoms with Gasteiger partial charge in [0.15, 0.2) is 5.75 Å². The van der Waals surface area contributed by atoms with Crippen LogP contribution in [0.25, 0.3) is 0 Å². The summed E-state index contributed by atoms with van der Waals surface area (Å²) in [5, 5.41) is 13.9. The average Bonchev–Trinajstić information content (AvgIpc) is 2.46. The van der Waals surface area contributed by atoms with Gasteiger partial charge in [-0.25, -0.2) is 0 Å². The minimum absolute atomic E-state index is 0.154. The van der Waals surface area contributed by atoms with Crippen molar-refractivity contribution in [1.82, 2.24) is 5.32 Å². The standard InChI is InChI=1S/C15H23N3O4/c1-4-22-14-6-5-11(8-13(14)18(20)21)15(19)17-12(9-16)7-10(2)3/h5-6,8,10,12H,4,7,9,16H2,1-3H3,(H,17,19). The number of nitrogens with one attached hydrogen (secondary N) is 1. The minimum Gasteiger partial charge on any atom is -0.487 e. The predicted molar refractivity (Wildman–Crippen MR) is 84.0 cm³/mol. The molecule has 0 spiro atoms. The van der Waals surface area contributed by atoms with Crippen molar-refractivity contribution in [3.05, 3.63) is 33.9 Å². The Labute approximate surface area is 130 Å². The predicted octanol–water partition coefficient (Wildman–Crippen LogP) is 2.10. The molecule has 7 heteroatoms. The van der Waals surface area contributed by atoms with Gasteiger partial charge in [-0.3, -0.25) is 14.9 Å². The Morgan fingerprint density at radius 1 is 1.45 bits per heavy atom. The number of amides is 1. The molecule has 0 bridgehead atoms. The zero-order valence-electron chi connectivity index (χ0n) is 13.2. The van der Waals surface area contributed by atoms with Crippen LogP contribution in [0.4, 0.5) is 5.69 Å². The molecule has 0 aliphatic rings. The van der Waals surface area contributed by atoms with Gasteiger partial charge in [0, 0.05) is 24.2 Å². The summed E-state index contributed by atoms with van der Waals surface area (Å²) in [5.41, 5.74) is 5.65. The molecule has 0 aromatic heterocycles. The Hall–Kier alpha value is -2.15. The molecule has 0 radical (unpaired) electrons. The Balaban J connectivity index is 2.93. The lowest BCUT2D eigenvalue weighted by molar-refractivity contribution is -0.385. The summed E-state index contributed by atoms with van der Waals surface area (Å²) in [7, 11) is 0. The molecule has 1 aromatic carbocycles. The highest BCUT2D eigenvalue weighted by Gasteiger charge is 2.20. The van der Waals surface area contributed by atoms with Crippen LogP contribution in [-0.2, 0) is 0 Å². The van der Waals surface area contributed by atoms with Gasteiger partial charge in [0.05, 0.1) is 11.5 Å². The third-order valence-corrected chi connectivity index (χ3v) is 3.09. The quantitative estimate of drug-likeness (QED) is 0.565. The van der Waals surface area contributed by atoms with Crippen LogP contribution in [0.3, 0.4) is 0 Å². The first-order valence-electron chi connectivity index (χ1n) is 7.31. The first kappa shape index (κ1) is 17.9. The maximum Gasteiger partial charge on any atom is 0.311 e. The van der Waals surface area contributed by atoms with Gasteiger partial charge >= 0.3 is 5.69 Å². The molecular formula is C15H23N3O4. The fourth-order valence-electron chi connectivity index (χ4n) is 2.13. The number of nitrogens with zero attached hydrogens (tertiary/aromatic N) is 1. The normalized spacial score (nSPS) is 12.0. The molecule has 1 amide bonds. The van der Waals surface area contributed by atoms with Crippen molar-refractivity contribution >= 4 is 11.6 Å². The molecule has 0 heterocycles. The van der Waals surface area contributed by atoms with E-state index in [0.29, 0.717) is 19.1 Å². The number of carbonyl (C=O) groups excluding carboxylic acids is 1. The van der Waals surface area contributed by atoms with Crippen LogP contribution >= 0.6 is 0 Å². The molecule has 0 saturated heterocycles. The van der Waals surface area contributed by atoms with Crippen LogP contribution in [0.15, 0.2) is 18.2 Å². The molecule has 3 N–H and O–H groups in total. The van der Waals surface area contributed by atoms with Crippen LogP contribution in [-0.4, -0.2) is 30.0 Å². The maximum absolute atomic E-state index is 12.2. The average molecular weight is 309 g/mol. The number of carbonyl (C=O) groups is 1. The molecular weight excluding hydrogens is 286 g/mol. The van der Waals surface area contributed by atoms with Crippen molar-refractivity contribution in [1.29, 1.82) is 0 Å². The number of hydrogen-bond acceptors (Lipinski definition) is 5. The second-order valence-corrected chi connectivity index (χ2v) is 5.41. The molecule has 0 aliphatic heterocycles. The zero-order chi connectivity index (χ0) is 16.7. The van der Waals surface area contributed by atoms with Crippen molar-refractivity contribution in [3.63, 3.8) is 0 Å². The van der Waals surface area contributed by atoms with Crippen molar-refractivity contribution in [3.8, 4) is 5.75 Å². The van der Waals surface area contributed by atoms with E-state index in [1.807, 2.05) is 13.8 Å². The van der Waals surface area contributed by atoms with Crippen LogP contribution in [0, 0.1) is 16.0 Å². The summed E-state index contributed by atoms with van der Waals surface area (Å²) in [6.45, 7) is 6.45. The molecule has 0 fully saturated rings. The number of benzene rings is 1. The smallest absolute Gasteiger partial charge is 0.311 e. The number of ether oxygens (including phenoxy) is 1. The summed E-state index contributed by atoms with van der Waals surface area (Å²) in [5.74, 6) is 0.173. The Bertz CT molecular complexity index is 532. The van der Waals surface area contributed by atoms with Crippen molar-refractivity contribution in [2.24, 2.45) is 11.7 Å². The number of nitro groups is 1. The summed E-state index contributed by atoms with van der Waals surface area (Å²) in [6, 6.07) is 4.02. The molecule has 0 aliphatic carbocycles. The Kier molecular flexibility index (Phi) is 6.78. The molecule has 1 unspecified atom stereocenters. The van der Waals surface area contributed by atoms with E-state index in [1.165, 1.54) is 18.2 Å². The fourth-order valence-corrected chi connectivity index (χ4v) is 2.13. The Morgan fingerprint density at radius 3 is 2.64 bits per heavy atom. The first-order chi connectivity index (χ1) is 10.4. The number of rotatable bonds is 8. The van der Waals surface area contributed by atoms with Gasteiger partial charge in [-0.1, -0.05) is 13.8 Å².